The molecular weight excluding hydrogens is 272 g/mol. The molecule has 2 aromatic heterocycles. The third kappa shape index (κ3) is 3.88. The topological polar surface area (TPSA) is 68.2 Å². The van der Waals surface area contributed by atoms with Crippen molar-refractivity contribution in [3.63, 3.8) is 0 Å². The molecule has 0 aliphatic rings. The number of rotatable bonds is 7. The Hall–Kier alpha value is -1.24. The van der Waals surface area contributed by atoms with Crippen LogP contribution in [0.25, 0.3) is 10.8 Å². The van der Waals surface area contributed by atoms with Crippen LogP contribution in [-0.2, 0) is 6.54 Å². The van der Waals surface area contributed by atoms with E-state index in [9.17, 15) is 0 Å². The molecule has 2 aromatic rings. The van der Waals surface area contributed by atoms with Gasteiger partial charge in [0.05, 0.1) is 11.4 Å². The molecule has 20 heavy (non-hydrogen) atoms. The number of thiophene rings is 1. The molecular formula is C14H22N4OS. The highest BCUT2D eigenvalue weighted by molar-refractivity contribution is 7.13. The van der Waals surface area contributed by atoms with E-state index in [0.717, 1.165) is 23.8 Å². The van der Waals surface area contributed by atoms with E-state index in [1.807, 2.05) is 17.5 Å². The first-order valence-electron chi connectivity index (χ1n) is 6.83. The van der Waals surface area contributed by atoms with E-state index in [4.69, 9.17) is 10.3 Å². The van der Waals surface area contributed by atoms with E-state index >= 15 is 0 Å². The minimum atomic E-state index is 0.0936. The van der Waals surface area contributed by atoms with Gasteiger partial charge < -0.3 is 10.3 Å². The van der Waals surface area contributed by atoms with Crippen LogP contribution in [-0.4, -0.2) is 34.7 Å². The predicted octanol–water partition coefficient (Wildman–Crippen LogP) is 2.60. The number of hydrogen-bond donors (Lipinski definition) is 1. The van der Waals surface area contributed by atoms with Gasteiger partial charge in [0.2, 0.25) is 0 Å². The first-order chi connectivity index (χ1) is 9.54. The molecule has 2 heterocycles. The Labute approximate surface area is 123 Å². The average molecular weight is 294 g/mol. The number of nitrogens with zero attached hydrogens (tertiary/aromatic N) is 3. The molecule has 110 valence electrons. The van der Waals surface area contributed by atoms with Crippen LogP contribution >= 0.6 is 11.3 Å². The summed E-state index contributed by atoms with van der Waals surface area (Å²) in [6, 6.07) is 3.96. The van der Waals surface area contributed by atoms with Crippen molar-refractivity contribution in [2.24, 2.45) is 11.1 Å². The first-order valence-corrected chi connectivity index (χ1v) is 7.71. The Morgan fingerprint density at radius 3 is 2.85 bits per heavy atom. The Balaban J connectivity index is 2.01. The summed E-state index contributed by atoms with van der Waals surface area (Å²) in [5.74, 6) is 1.33. The summed E-state index contributed by atoms with van der Waals surface area (Å²) in [4.78, 5) is 7.75. The molecule has 0 saturated carbocycles. The Bertz CT molecular complexity index is 521. The Morgan fingerprint density at radius 1 is 1.45 bits per heavy atom. The molecule has 0 aliphatic carbocycles. The molecule has 6 heteroatoms. The molecule has 0 unspecified atom stereocenters. The predicted molar refractivity (Wildman–Crippen MR) is 81.4 cm³/mol. The monoisotopic (exact) mass is 294 g/mol. The fourth-order valence-electron chi connectivity index (χ4n) is 1.97. The molecule has 2 rings (SSSR count). The molecule has 0 radical (unpaired) electrons. The van der Waals surface area contributed by atoms with Crippen LogP contribution in [0.2, 0.25) is 0 Å². The van der Waals surface area contributed by atoms with Gasteiger partial charge in [-0.15, -0.1) is 11.3 Å². The van der Waals surface area contributed by atoms with Gasteiger partial charge in [0.25, 0.3) is 5.89 Å². The second-order valence-electron chi connectivity index (χ2n) is 5.66. The summed E-state index contributed by atoms with van der Waals surface area (Å²) in [7, 11) is 0. The number of nitrogens with two attached hydrogens (primary N) is 1. The summed E-state index contributed by atoms with van der Waals surface area (Å²) >= 11 is 1.60. The summed E-state index contributed by atoms with van der Waals surface area (Å²) in [5, 5.41) is 6.06. The van der Waals surface area contributed by atoms with Crippen LogP contribution in [0.5, 0.6) is 0 Å². The van der Waals surface area contributed by atoms with Crippen LogP contribution < -0.4 is 5.73 Å². The van der Waals surface area contributed by atoms with Crippen molar-refractivity contribution >= 4 is 11.3 Å². The van der Waals surface area contributed by atoms with E-state index in [2.05, 4.69) is 35.8 Å². The summed E-state index contributed by atoms with van der Waals surface area (Å²) in [6.45, 7) is 9.68. The maximum absolute atomic E-state index is 5.80. The van der Waals surface area contributed by atoms with Crippen LogP contribution in [0, 0.1) is 5.41 Å². The minimum Gasteiger partial charge on any atom is -0.333 e. The minimum absolute atomic E-state index is 0.0936. The van der Waals surface area contributed by atoms with E-state index in [1.165, 1.54) is 0 Å². The van der Waals surface area contributed by atoms with Gasteiger partial charge in [0.1, 0.15) is 0 Å². The van der Waals surface area contributed by atoms with Crippen LogP contribution in [0.3, 0.4) is 0 Å². The lowest BCUT2D eigenvalue weighted by atomic mass is 9.93. The lowest BCUT2D eigenvalue weighted by Gasteiger charge is -2.30. The normalized spacial score (nSPS) is 12.2. The van der Waals surface area contributed by atoms with Gasteiger partial charge in [-0.3, -0.25) is 4.90 Å². The van der Waals surface area contributed by atoms with Crippen LogP contribution in [0.1, 0.15) is 26.6 Å². The first kappa shape index (κ1) is 15.2. The molecule has 0 aliphatic heterocycles. The molecule has 0 atom stereocenters. The molecule has 2 N–H and O–H groups in total. The SMILES string of the molecule is CCN(Cc1noc(-c2cccs2)n1)CC(C)(C)CN. The quantitative estimate of drug-likeness (QED) is 0.850. The highest BCUT2D eigenvalue weighted by Crippen LogP contribution is 2.23. The van der Waals surface area contributed by atoms with Crippen LogP contribution in [0.15, 0.2) is 22.0 Å². The molecule has 0 fully saturated rings. The van der Waals surface area contributed by atoms with Crippen molar-refractivity contribution in [2.45, 2.75) is 27.3 Å². The molecule has 0 bridgehead atoms. The second-order valence-corrected chi connectivity index (χ2v) is 6.61. The lowest BCUT2D eigenvalue weighted by Crippen LogP contribution is -2.38. The Morgan fingerprint density at radius 2 is 2.25 bits per heavy atom. The van der Waals surface area contributed by atoms with Crippen LogP contribution in [0.4, 0.5) is 0 Å². The van der Waals surface area contributed by atoms with Crippen molar-refractivity contribution in [2.75, 3.05) is 19.6 Å². The zero-order valence-corrected chi connectivity index (χ0v) is 13.1. The van der Waals surface area contributed by atoms with Gasteiger partial charge in [0, 0.05) is 6.54 Å². The summed E-state index contributed by atoms with van der Waals surface area (Å²) in [5.41, 5.74) is 5.89. The zero-order valence-electron chi connectivity index (χ0n) is 12.3. The van der Waals surface area contributed by atoms with Crippen molar-refractivity contribution in [3.05, 3.63) is 23.3 Å². The van der Waals surface area contributed by atoms with E-state index in [-0.39, 0.29) is 5.41 Å². The highest BCUT2D eigenvalue weighted by atomic mass is 32.1. The standard InChI is InChI=1S/C14H22N4OS/c1-4-18(10-14(2,3)9-15)8-12-16-13(19-17-12)11-6-5-7-20-11/h5-7H,4,8-10,15H2,1-3H3. The van der Waals surface area contributed by atoms with E-state index in [1.54, 1.807) is 11.3 Å². The number of aromatic nitrogens is 2. The van der Waals surface area contributed by atoms with Gasteiger partial charge in [-0.05, 0) is 30.0 Å². The van der Waals surface area contributed by atoms with E-state index in [0.29, 0.717) is 19.0 Å². The maximum atomic E-state index is 5.80. The molecule has 0 spiro atoms. The number of hydrogen-bond acceptors (Lipinski definition) is 6. The largest absolute Gasteiger partial charge is 0.333 e. The summed E-state index contributed by atoms with van der Waals surface area (Å²) < 4.78 is 5.31. The molecule has 5 nitrogen and oxygen atoms in total. The van der Waals surface area contributed by atoms with Crippen molar-refractivity contribution in [1.82, 2.24) is 15.0 Å². The third-order valence-electron chi connectivity index (χ3n) is 3.22. The molecule has 0 saturated heterocycles. The van der Waals surface area contributed by atoms with Crippen molar-refractivity contribution < 1.29 is 4.52 Å². The summed E-state index contributed by atoms with van der Waals surface area (Å²) in [6.07, 6.45) is 0. The maximum Gasteiger partial charge on any atom is 0.268 e. The fraction of sp³-hybridized carbons (Fsp3) is 0.571. The third-order valence-corrected chi connectivity index (χ3v) is 4.07. The van der Waals surface area contributed by atoms with Crippen molar-refractivity contribution in [3.8, 4) is 10.8 Å². The fourth-order valence-corrected chi connectivity index (χ4v) is 2.61. The average Bonchev–Trinajstić information content (AvgIpc) is 3.08. The molecule has 0 aromatic carbocycles. The van der Waals surface area contributed by atoms with E-state index < -0.39 is 0 Å². The van der Waals surface area contributed by atoms with Gasteiger partial charge in [-0.1, -0.05) is 32.0 Å². The van der Waals surface area contributed by atoms with Gasteiger partial charge in [-0.2, -0.15) is 4.98 Å². The molecule has 0 amide bonds. The van der Waals surface area contributed by atoms with Gasteiger partial charge in [0.15, 0.2) is 5.82 Å². The van der Waals surface area contributed by atoms with Gasteiger partial charge in [-0.25, -0.2) is 0 Å². The smallest absolute Gasteiger partial charge is 0.268 e. The lowest BCUT2D eigenvalue weighted by molar-refractivity contribution is 0.178. The van der Waals surface area contributed by atoms with Gasteiger partial charge >= 0.3 is 0 Å². The Kier molecular flexibility index (Phi) is 4.91. The second kappa shape index (κ2) is 6.47. The van der Waals surface area contributed by atoms with Crippen molar-refractivity contribution in [1.29, 1.82) is 0 Å². The zero-order chi connectivity index (χ0) is 14.6. The highest BCUT2D eigenvalue weighted by Gasteiger charge is 2.21.